The molecule has 8 heteroatoms. The largest absolute Gasteiger partial charge is 0.478 e. The normalized spacial score (nSPS) is 10.2. The quantitative estimate of drug-likeness (QED) is 0.803. The zero-order chi connectivity index (χ0) is 14.7. The maximum absolute atomic E-state index is 11.8. The van der Waals surface area contributed by atoms with Gasteiger partial charge in [0.25, 0.3) is 0 Å². The highest BCUT2D eigenvalue weighted by atomic mass is 35.5. The lowest BCUT2D eigenvalue weighted by molar-refractivity contribution is -0.115. The lowest BCUT2D eigenvalue weighted by atomic mass is 10.2. The van der Waals surface area contributed by atoms with Gasteiger partial charge in [-0.3, -0.25) is 4.79 Å². The molecule has 1 amide bonds. The SMILES string of the molecule is Nc1nc(CC(=O)Nc2cc(C(=O)O)ccc2Cl)cs1. The number of carboxylic acid groups (broad SMARTS) is 1. The third-order valence-electron chi connectivity index (χ3n) is 2.40. The molecular formula is C12H10ClN3O3S. The zero-order valence-corrected chi connectivity index (χ0v) is 11.7. The molecule has 0 aliphatic heterocycles. The molecule has 0 aliphatic carbocycles. The number of nitrogen functional groups attached to an aromatic ring is 1. The summed E-state index contributed by atoms with van der Waals surface area (Å²) in [6, 6.07) is 4.08. The maximum Gasteiger partial charge on any atom is 0.335 e. The summed E-state index contributed by atoms with van der Waals surface area (Å²) in [5, 5.41) is 13.8. The van der Waals surface area contributed by atoms with Crippen LogP contribution in [0.25, 0.3) is 0 Å². The van der Waals surface area contributed by atoms with E-state index in [1.54, 1.807) is 5.38 Å². The van der Waals surface area contributed by atoms with Gasteiger partial charge in [0.15, 0.2) is 5.13 Å². The third kappa shape index (κ3) is 3.46. The summed E-state index contributed by atoms with van der Waals surface area (Å²) >= 11 is 7.16. The number of carboxylic acids is 1. The number of thiazole rings is 1. The van der Waals surface area contributed by atoms with Gasteiger partial charge in [-0.2, -0.15) is 0 Å². The number of benzene rings is 1. The van der Waals surface area contributed by atoms with Crippen LogP contribution in [0.4, 0.5) is 10.8 Å². The van der Waals surface area contributed by atoms with Gasteiger partial charge in [0, 0.05) is 5.38 Å². The van der Waals surface area contributed by atoms with Crippen LogP contribution < -0.4 is 11.1 Å². The smallest absolute Gasteiger partial charge is 0.335 e. The van der Waals surface area contributed by atoms with Gasteiger partial charge in [-0.05, 0) is 18.2 Å². The Kier molecular flexibility index (Phi) is 4.21. The Morgan fingerprint density at radius 2 is 2.20 bits per heavy atom. The molecule has 0 saturated heterocycles. The molecule has 2 aromatic rings. The number of nitrogens with two attached hydrogens (primary N) is 1. The van der Waals surface area contributed by atoms with E-state index in [2.05, 4.69) is 10.3 Å². The minimum absolute atomic E-state index is 0.0430. The highest BCUT2D eigenvalue weighted by molar-refractivity contribution is 7.13. The Morgan fingerprint density at radius 3 is 2.80 bits per heavy atom. The van der Waals surface area contributed by atoms with E-state index in [0.29, 0.717) is 10.8 Å². The lowest BCUT2D eigenvalue weighted by Crippen LogP contribution is -2.15. The van der Waals surface area contributed by atoms with E-state index in [0.717, 1.165) is 0 Å². The summed E-state index contributed by atoms with van der Waals surface area (Å²) in [7, 11) is 0. The molecule has 0 unspecified atom stereocenters. The van der Waals surface area contributed by atoms with Crippen molar-refractivity contribution in [3.8, 4) is 0 Å². The van der Waals surface area contributed by atoms with Crippen molar-refractivity contribution in [1.82, 2.24) is 4.98 Å². The number of nitrogens with one attached hydrogen (secondary N) is 1. The number of anilines is 2. The highest BCUT2D eigenvalue weighted by Gasteiger charge is 2.11. The zero-order valence-electron chi connectivity index (χ0n) is 10.1. The number of carbonyl (C=O) groups is 2. The minimum Gasteiger partial charge on any atom is -0.478 e. The van der Waals surface area contributed by atoms with Crippen LogP contribution in [0.2, 0.25) is 5.02 Å². The average molecular weight is 312 g/mol. The second-order valence-electron chi connectivity index (χ2n) is 3.90. The summed E-state index contributed by atoms with van der Waals surface area (Å²) < 4.78 is 0. The first kappa shape index (κ1) is 14.3. The Labute approximate surface area is 123 Å². The molecule has 0 radical (unpaired) electrons. The first-order valence-corrected chi connectivity index (χ1v) is 6.74. The molecule has 0 spiro atoms. The van der Waals surface area contributed by atoms with Crippen LogP contribution in [0.5, 0.6) is 0 Å². The molecule has 6 nitrogen and oxygen atoms in total. The van der Waals surface area contributed by atoms with E-state index in [1.807, 2.05) is 0 Å². The number of hydrogen-bond acceptors (Lipinski definition) is 5. The summed E-state index contributed by atoms with van der Waals surface area (Å²) in [6.07, 6.45) is 0.0430. The number of hydrogen-bond donors (Lipinski definition) is 3. The molecule has 20 heavy (non-hydrogen) atoms. The fourth-order valence-electron chi connectivity index (χ4n) is 1.52. The fraction of sp³-hybridized carbons (Fsp3) is 0.0833. The molecule has 104 valence electrons. The molecule has 4 N–H and O–H groups in total. The van der Waals surface area contributed by atoms with E-state index < -0.39 is 5.97 Å². The fourth-order valence-corrected chi connectivity index (χ4v) is 2.24. The molecule has 2 rings (SSSR count). The van der Waals surface area contributed by atoms with Gasteiger partial charge in [0.1, 0.15) is 0 Å². The second-order valence-corrected chi connectivity index (χ2v) is 5.20. The van der Waals surface area contributed by atoms with E-state index in [4.69, 9.17) is 22.4 Å². The first-order chi connectivity index (χ1) is 9.45. The number of nitrogens with zero attached hydrogens (tertiary/aromatic N) is 1. The molecule has 1 aromatic heterocycles. The van der Waals surface area contributed by atoms with Crippen molar-refractivity contribution in [3.05, 3.63) is 39.9 Å². The van der Waals surface area contributed by atoms with Crippen LogP contribution in [-0.4, -0.2) is 22.0 Å². The molecule has 0 atom stereocenters. The molecule has 1 heterocycles. The molecule has 0 fully saturated rings. The predicted octanol–water partition coefficient (Wildman–Crippen LogP) is 2.26. The first-order valence-electron chi connectivity index (χ1n) is 5.48. The number of amides is 1. The number of halogens is 1. The van der Waals surface area contributed by atoms with Crippen LogP contribution in [0.3, 0.4) is 0 Å². The van der Waals surface area contributed by atoms with Gasteiger partial charge in [-0.25, -0.2) is 9.78 Å². The summed E-state index contributed by atoms with van der Waals surface area (Å²) in [5.74, 6) is -1.44. The third-order valence-corrected chi connectivity index (χ3v) is 3.45. The Hall–Kier alpha value is -2.12. The van der Waals surface area contributed by atoms with Crippen LogP contribution in [-0.2, 0) is 11.2 Å². The van der Waals surface area contributed by atoms with Gasteiger partial charge in [-0.15, -0.1) is 11.3 Å². The van der Waals surface area contributed by atoms with Gasteiger partial charge >= 0.3 is 5.97 Å². The van der Waals surface area contributed by atoms with Crippen molar-refractivity contribution in [2.24, 2.45) is 0 Å². The van der Waals surface area contributed by atoms with Crippen LogP contribution in [0, 0.1) is 0 Å². The van der Waals surface area contributed by atoms with Gasteiger partial charge < -0.3 is 16.2 Å². The predicted molar refractivity (Wildman–Crippen MR) is 77.3 cm³/mol. The molecular weight excluding hydrogens is 302 g/mol. The summed E-state index contributed by atoms with van der Waals surface area (Å²) in [4.78, 5) is 26.7. The monoisotopic (exact) mass is 311 g/mol. The Morgan fingerprint density at radius 1 is 1.45 bits per heavy atom. The van der Waals surface area contributed by atoms with Crippen molar-refractivity contribution in [2.75, 3.05) is 11.1 Å². The standard InChI is InChI=1S/C12H10ClN3O3S/c13-8-2-1-6(11(18)19)3-9(8)16-10(17)4-7-5-20-12(14)15-7/h1-3,5H,4H2,(H2,14,15)(H,16,17)(H,18,19). The van der Waals surface area contributed by atoms with E-state index in [9.17, 15) is 9.59 Å². The molecule has 1 aromatic carbocycles. The molecule has 0 saturated carbocycles. The lowest BCUT2D eigenvalue weighted by Gasteiger charge is -2.07. The second kappa shape index (κ2) is 5.89. The van der Waals surface area contributed by atoms with Crippen molar-refractivity contribution < 1.29 is 14.7 Å². The van der Waals surface area contributed by atoms with Crippen LogP contribution in [0.1, 0.15) is 16.1 Å². The average Bonchev–Trinajstić information content (AvgIpc) is 2.77. The van der Waals surface area contributed by atoms with Crippen molar-refractivity contribution >= 4 is 45.6 Å². The number of aromatic carboxylic acids is 1. The molecule has 0 bridgehead atoms. The summed E-state index contributed by atoms with van der Waals surface area (Å²) in [6.45, 7) is 0. The van der Waals surface area contributed by atoms with Crippen LogP contribution >= 0.6 is 22.9 Å². The highest BCUT2D eigenvalue weighted by Crippen LogP contribution is 2.23. The van der Waals surface area contributed by atoms with Crippen LogP contribution in [0.15, 0.2) is 23.6 Å². The Bertz CT molecular complexity index is 672. The maximum atomic E-state index is 11.8. The van der Waals surface area contributed by atoms with Crippen molar-refractivity contribution in [3.63, 3.8) is 0 Å². The van der Waals surface area contributed by atoms with Gasteiger partial charge in [0.05, 0.1) is 28.4 Å². The van der Waals surface area contributed by atoms with E-state index in [1.165, 1.54) is 29.5 Å². The van der Waals surface area contributed by atoms with Crippen molar-refractivity contribution in [2.45, 2.75) is 6.42 Å². The van der Waals surface area contributed by atoms with Crippen molar-refractivity contribution in [1.29, 1.82) is 0 Å². The summed E-state index contributed by atoms with van der Waals surface area (Å²) in [5.41, 5.74) is 6.32. The number of carbonyl (C=O) groups excluding carboxylic acids is 1. The van der Waals surface area contributed by atoms with E-state index >= 15 is 0 Å². The van der Waals surface area contributed by atoms with Gasteiger partial charge in [0.2, 0.25) is 5.91 Å². The Balaban J connectivity index is 2.11. The number of aromatic nitrogens is 1. The van der Waals surface area contributed by atoms with E-state index in [-0.39, 0.29) is 28.6 Å². The topological polar surface area (TPSA) is 105 Å². The molecule has 0 aliphatic rings. The van der Waals surface area contributed by atoms with Gasteiger partial charge in [-0.1, -0.05) is 11.6 Å². The number of rotatable bonds is 4. The minimum atomic E-state index is -1.09.